The Morgan fingerprint density at radius 2 is 1.82 bits per heavy atom. The normalized spacial score (nSPS) is 10.1. The molecule has 0 aliphatic rings. The van der Waals surface area contributed by atoms with Crippen molar-refractivity contribution in [3.05, 3.63) is 69.7 Å². The van der Waals surface area contributed by atoms with Crippen molar-refractivity contribution >= 4 is 46.4 Å². The summed E-state index contributed by atoms with van der Waals surface area (Å²) in [5, 5.41) is 6.99. The van der Waals surface area contributed by atoms with Gasteiger partial charge in [-0.3, -0.25) is 4.79 Å². The van der Waals surface area contributed by atoms with E-state index >= 15 is 0 Å². The van der Waals surface area contributed by atoms with Gasteiger partial charge in [0.1, 0.15) is 0 Å². The SMILES string of the molecule is O=C(Cc1ccccc1)NC(=S)NCc1ccc(Cl)cc1Cl. The fourth-order valence-corrected chi connectivity index (χ4v) is 2.50. The summed E-state index contributed by atoms with van der Waals surface area (Å²) in [6, 6.07) is 14.7. The van der Waals surface area contributed by atoms with Crippen molar-refractivity contribution in [2.24, 2.45) is 0 Å². The number of thiocarbonyl (C=S) groups is 1. The van der Waals surface area contributed by atoms with E-state index in [0.717, 1.165) is 11.1 Å². The molecule has 3 nitrogen and oxygen atoms in total. The molecule has 0 unspecified atom stereocenters. The Morgan fingerprint density at radius 3 is 2.50 bits per heavy atom. The van der Waals surface area contributed by atoms with Gasteiger partial charge in [-0.1, -0.05) is 59.6 Å². The van der Waals surface area contributed by atoms with Gasteiger partial charge in [0.2, 0.25) is 5.91 Å². The molecule has 0 fully saturated rings. The molecule has 0 radical (unpaired) electrons. The third-order valence-corrected chi connectivity index (χ3v) is 3.75. The third kappa shape index (κ3) is 5.30. The lowest BCUT2D eigenvalue weighted by molar-refractivity contribution is -0.119. The fraction of sp³-hybridized carbons (Fsp3) is 0.125. The second-order valence-electron chi connectivity index (χ2n) is 4.63. The monoisotopic (exact) mass is 352 g/mol. The number of nitrogens with one attached hydrogen (secondary N) is 2. The molecular weight excluding hydrogens is 339 g/mol. The molecule has 0 saturated carbocycles. The topological polar surface area (TPSA) is 41.1 Å². The van der Waals surface area contributed by atoms with Gasteiger partial charge >= 0.3 is 0 Å². The molecule has 0 heterocycles. The zero-order chi connectivity index (χ0) is 15.9. The summed E-state index contributed by atoms with van der Waals surface area (Å²) in [7, 11) is 0. The van der Waals surface area contributed by atoms with E-state index in [9.17, 15) is 4.79 Å². The number of hydrogen-bond acceptors (Lipinski definition) is 2. The van der Waals surface area contributed by atoms with E-state index in [-0.39, 0.29) is 17.4 Å². The van der Waals surface area contributed by atoms with E-state index in [1.54, 1.807) is 12.1 Å². The zero-order valence-electron chi connectivity index (χ0n) is 11.6. The predicted octanol–water partition coefficient (Wildman–Crippen LogP) is 3.73. The standard InChI is InChI=1S/C16H14Cl2N2OS/c17-13-7-6-12(14(18)9-13)10-19-16(22)20-15(21)8-11-4-2-1-3-5-11/h1-7,9H,8,10H2,(H2,19,20,21,22). The number of carbonyl (C=O) groups is 1. The largest absolute Gasteiger partial charge is 0.358 e. The van der Waals surface area contributed by atoms with Gasteiger partial charge in [-0.15, -0.1) is 0 Å². The van der Waals surface area contributed by atoms with E-state index in [1.165, 1.54) is 0 Å². The van der Waals surface area contributed by atoms with Crippen molar-refractivity contribution in [2.45, 2.75) is 13.0 Å². The van der Waals surface area contributed by atoms with E-state index < -0.39 is 0 Å². The molecule has 2 aromatic rings. The van der Waals surface area contributed by atoms with Crippen molar-refractivity contribution in [1.82, 2.24) is 10.6 Å². The second-order valence-corrected chi connectivity index (χ2v) is 5.88. The van der Waals surface area contributed by atoms with E-state index in [0.29, 0.717) is 16.6 Å². The number of hydrogen-bond donors (Lipinski definition) is 2. The van der Waals surface area contributed by atoms with Gasteiger partial charge in [-0.2, -0.15) is 0 Å². The van der Waals surface area contributed by atoms with Crippen molar-refractivity contribution in [3.8, 4) is 0 Å². The number of carbonyl (C=O) groups excluding carboxylic acids is 1. The van der Waals surface area contributed by atoms with Crippen LogP contribution in [0.5, 0.6) is 0 Å². The van der Waals surface area contributed by atoms with Gasteiger partial charge in [0.15, 0.2) is 5.11 Å². The van der Waals surface area contributed by atoms with Crippen LogP contribution in [0.2, 0.25) is 10.0 Å². The average Bonchev–Trinajstić information content (AvgIpc) is 2.47. The lowest BCUT2D eigenvalue weighted by Gasteiger charge is -2.10. The molecule has 0 aliphatic carbocycles. The van der Waals surface area contributed by atoms with E-state index in [1.807, 2.05) is 36.4 Å². The molecular formula is C16H14Cl2N2OS. The number of halogens is 2. The Morgan fingerprint density at radius 1 is 1.09 bits per heavy atom. The van der Waals surface area contributed by atoms with Gasteiger partial charge in [-0.05, 0) is 35.5 Å². The molecule has 6 heteroatoms. The molecule has 0 saturated heterocycles. The maximum absolute atomic E-state index is 11.9. The van der Waals surface area contributed by atoms with Crippen molar-refractivity contribution in [3.63, 3.8) is 0 Å². The molecule has 0 spiro atoms. The van der Waals surface area contributed by atoms with Crippen LogP contribution < -0.4 is 10.6 Å². The van der Waals surface area contributed by atoms with Gasteiger partial charge in [-0.25, -0.2) is 0 Å². The summed E-state index contributed by atoms with van der Waals surface area (Å²) in [5.74, 6) is -0.161. The summed E-state index contributed by atoms with van der Waals surface area (Å²) >= 11 is 17.0. The van der Waals surface area contributed by atoms with Gasteiger partial charge in [0.25, 0.3) is 0 Å². The minimum atomic E-state index is -0.161. The van der Waals surface area contributed by atoms with Crippen LogP contribution in [-0.2, 0) is 17.8 Å². The first-order chi connectivity index (χ1) is 10.5. The van der Waals surface area contributed by atoms with Crippen LogP contribution in [0, 0.1) is 0 Å². The number of amides is 1. The Labute approximate surface area is 144 Å². The minimum Gasteiger partial charge on any atom is -0.358 e. The molecule has 1 amide bonds. The highest BCUT2D eigenvalue weighted by atomic mass is 35.5. The third-order valence-electron chi connectivity index (χ3n) is 2.91. The van der Waals surface area contributed by atoms with Crippen molar-refractivity contribution < 1.29 is 4.79 Å². The van der Waals surface area contributed by atoms with E-state index in [4.69, 9.17) is 35.4 Å². The molecule has 0 atom stereocenters. The zero-order valence-corrected chi connectivity index (χ0v) is 13.9. The van der Waals surface area contributed by atoms with Crippen molar-refractivity contribution in [1.29, 1.82) is 0 Å². The Kier molecular flexibility index (Phi) is 6.19. The van der Waals surface area contributed by atoms with Crippen LogP contribution >= 0.6 is 35.4 Å². The maximum atomic E-state index is 11.9. The Hall–Kier alpha value is -1.62. The van der Waals surface area contributed by atoms with Gasteiger partial charge < -0.3 is 10.6 Å². The molecule has 0 bridgehead atoms. The van der Waals surface area contributed by atoms with Crippen molar-refractivity contribution in [2.75, 3.05) is 0 Å². The van der Waals surface area contributed by atoms with Gasteiger partial charge in [0, 0.05) is 16.6 Å². The van der Waals surface area contributed by atoms with E-state index in [2.05, 4.69) is 10.6 Å². The predicted molar refractivity (Wildman–Crippen MR) is 94.2 cm³/mol. The van der Waals surface area contributed by atoms with Crippen LogP contribution in [0.1, 0.15) is 11.1 Å². The summed E-state index contributed by atoms with van der Waals surface area (Å²) in [6.45, 7) is 0.417. The number of benzene rings is 2. The van der Waals surface area contributed by atoms with Crippen LogP contribution in [0.15, 0.2) is 48.5 Å². The Bertz CT molecular complexity index is 677. The highest BCUT2D eigenvalue weighted by molar-refractivity contribution is 7.80. The summed E-state index contributed by atoms with van der Waals surface area (Å²) in [6.07, 6.45) is 0.282. The first-order valence-corrected chi connectivity index (χ1v) is 7.76. The fourth-order valence-electron chi connectivity index (χ4n) is 1.84. The number of rotatable bonds is 4. The quantitative estimate of drug-likeness (QED) is 0.823. The Balaban J connectivity index is 1.81. The van der Waals surface area contributed by atoms with Crippen LogP contribution in [0.25, 0.3) is 0 Å². The first-order valence-electron chi connectivity index (χ1n) is 6.60. The molecule has 0 aliphatic heterocycles. The molecule has 2 N–H and O–H groups in total. The minimum absolute atomic E-state index is 0.161. The van der Waals surface area contributed by atoms with Gasteiger partial charge in [0.05, 0.1) is 6.42 Å². The lowest BCUT2D eigenvalue weighted by Crippen LogP contribution is -2.39. The molecule has 2 rings (SSSR count). The van der Waals surface area contributed by atoms with Crippen LogP contribution in [0.4, 0.5) is 0 Å². The maximum Gasteiger partial charge on any atom is 0.230 e. The molecule has 22 heavy (non-hydrogen) atoms. The summed E-state index contributed by atoms with van der Waals surface area (Å²) in [4.78, 5) is 11.9. The highest BCUT2D eigenvalue weighted by Gasteiger charge is 2.07. The van der Waals surface area contributed by atoms with Crippen LogP contribution in [-0.4, -0.2) is 11.0 Å². The molecule has 114 valence electrons. The summed E-state index contributed by atoms with van der Waals surface area (Å²) < 4.78 is 0. The highest BCUT2D eigenvalue weighted by Crippen LogP contribution is 2.20. The first kappa shape index (κ1) is 16.7. The average molecular weight is 353 g/mol. The lowest BCUT2D eigenvalue weighted by atomic mass is 10.1. The smallest absolute Gasteiger partial charge is 0.230 e. The molecule has 0 aromatic heterocycles. The van der Waals surface area contributed by atoms with Crippen LogP contribution in [0.3, 0.4) is 0 Å². The molecule has 2 aromatic carbocycles. The second kappa shape index (κ2) is 8.13. The summed E-state index contributed by atoms with van der Waals surface area (Å²) in [5.41, 5.74) is 1.79.